The van der Waals surface area contributed by atoms with Gasteiger partial charge in [-0.05, 0) is 25.1 Å². The van der Waals surface area contributed by atoms with Gasteiger partial charge in [-0.1, -0.05) is 12.8 Å². The van der Waals surface area contributed by atoms with Gasteiger partial charge in [0.25, 0.3) is 0 Å². The Morgan fingerprint density at radius 1 is 1.47 bits per heavy atom. The van der Waals surface area contributed by atoms with Crippen LogP contribution >= 0.6 is 12.2 Å². The molecule has 5 heteroatoms. The van der Waals surface area contributed by atoms with E-state index in [1.807, 2.05) is 0 Å². The minimum atomic E-state index is -0.217. The average Bonchev–Trinajstić information content (AvgIpc) is 2.70. The molecule has 4 nitrogen and oxygen atoms in total. The number of esters is 1. The zero-order valence-corrected chi connectivity index (χ0v) is 9.86. The zero-order valence-electron chi connectivity index (χ0n) is 9.04. The molecule has 0 unspecified atom stereocenters. The molecule has 0 spiro atoms. The van der Waals surface area contributed by atoms with Crippen molar-refractivity contribution in [2.75, 3.05) is 13.7 Å². The molecule has 0 aromatic carbocycles. The SMILES string of the molecule is COC(=O)CCNC(=S)NC1CCCC1. The molecule has 2 N–H and O–H groups in total. The maximum absolute atomic E-state index is 10.8. The average molecular weight is 230 g/mol. The Hall–Kier alpha value is -0.840. The van der Waals surface area contributed by atoms with E-state index in [9.17, 15) is 4.79 Å². The molecule has 86 valence electrons. The lowest BCUT2D eigenvalue weighted by atomic mass is 10.3. The molecule has 15 heavy (non-hydrogen) atoms. The van der Waals surface area contributed by atoms with Crippen molar-refractivity contribution in [1.82, 2.24) is 10.6 Å². The highest BCUT2D eigenvalue weighted by Gasteiger charge is 2.15. The van der Waals surface area contributed by atoms with Gasteiger partial charge in [-0.2, -0.15) is 0 Å². The summed E-state index contributed by atoms with van der Waals surface area (Å²) in [6, 6.07) is 0.517. The summed E-state index contributed by atoms with van der Waals surface area (Å²) in [4.78, 5) is 10.8. The molecule has 0 aromatic heterocycles. The molecule has 0 amide bonds. The second-order valence-corrected chi connectivity index (χ2v) is 4.12. The molecule has 1 aliphatic rings. The second-order valence-electron chi connectivity index (χ2n) is 3.71. The maximum Gasteiger partial charge on any atom is 0.307 e. The van der Waals surface area contributed by atoms with Crippen molar-refractivity contribution >= 4 is 23.3 Å². The zero-order chi connectivity index (χ0) is 11.1. The van der Waals surface area contributed by atoms with E-state index in [2.05, 4.69) is 15.4 Å². The lowest BCUT2D eigenvalue weighted by Gasteiger charge is -2.15. The van der Waals surface area contributed by atoms with Gasteiger partial charge < -0.3 is 15.4 Å². The number of rotatable bonds is 4. The van der Waals surface area contributed by atoms with E-state index >= 15 is 0 Å². The fourth-order valence-electron chi connectivity index (χ4n) is 1.69. The molecule has 1 saturated carbocycles. The van der Waals surface area contributed by atoms with Crippen LogP contribution in [0.1, 0.15) is 32.1 Å². The Morgan fingerprint density at radius 2 is 2.13 bits per heavy atom. The summed E-state index contributed by atoms with van der Waals surface area (Å²) in [5.41, 5.74) is 0. The first-order valence-electron chi connectivity index (χ1n) is 5.33. The van der Waals surface area contributed by atoms with Crippen LogP contribution in [-0.4, -0.2) is 30.8 Å². The van der Waals surface area contributed by atoms with Crippen LogP contribution in [0.3, 0.4) is 0 Å². The smallest absolute Gasteiger partial charge is 0.307 e. The molecule has 0 heterocycles. The highest BCUT2D eigenvalue weighted by atomic mass is 32.1. The van der Waals surface area contributed by atoms with Crippen LogP contribution < -0.4 is 10.6 Å². The van der Waals surface area contributed by atoms with Gasteiger partial charge in [0.15, 0.2) is 5.11 Å². The summed E-state index contributed by atoms with van der Waals surface area (Å²) in [6.45, 7) is 0.533. The van der Waals surface area contributed by atoms with Crippen LogP contribution in [0.4, 0.5) is 0 Å². The third kappa shape index (κ3) is 4.97. The maximum atomic E-state index is 10.8. The van der Waals surface area contributed by atoms with Crippen molar-refractivity contribution in [3.05, 3.63) is 0 Å². The number of ether oxygens (including phenoxy) is 1. The first-order chi connectivity index (χ1) is 7.22. The predicted molar refractivity (Wildman–Crippen MR) is 62.6 cm³/mol. The van der Waals surface area contributed by atoms with Crippen molar-refractivity contribution in [1.29, 1.82) is 0 Å². The molecule has 0 saturated heterocycles. The Balaban J connectivity index is 2.05. The Kier molecular flexibility index (Phi) is 5.39. The minimum absolute atomic E-state index is 0.217. The largest absolute Gasteiger partial charge is 0.469 e. The standard InChI is InChI=1S/C10H18N2O2S/c1-14-9(13)6-7-11-10(15)12-8-4-2-3-5-8/h8H,2-7H2,1H3,(H2,11,12,15). The molecular formula is C10H18N2O2S. The molecule has 1 aliphatic carbocycles. The van der Waals surface area contributed by atoms with Crippen LogP contribution in [0.2, 0.25) is 0 Å². The molecular weight excluding hydrogens is 212 g/mol. The summed E-state index contributed by atoms with van der Waals surface area (Å²) in [7, 11) is 1.39. The van der Waals surface area contributed by atoms with Crippen molar-refractivity contribution in [3.8, 4) is 0 Å². The van der Waals surface area contributed by atoms with Crippen LogP contribution in [-0.2, 0) is 9.53 Å². The first-order valence-corrected chi connectivity index (χ1v) is 5.74. The fraction of sp³-hybridized carbons (Fsp3) is 0.800. The van der Waals surface area contributed by atoms with E-state index in [0.717, 1.165) is 0 Å². The van der Waals surface area contributed by atoms with E-state index < -0.39 is 0 Å². The first kappa shape index (κ1) is 12.2. The predicted octanol–water partition coefficient (Wildman–Crippen LogP) is 0.956. The Morgan fingerprint density at radius 3 is 2.73 bits per heavy atom. The van der Waals surface area contributed by atoms with E-state index in [1.54, 1.807) is 0 Å². The topological polar surface area (TPSA) is 50.4 Å². The van der Waals surface area contributed by atoms with Crippen LogP contribution in [0, 0.1) is 0 Å². The number of thiocarbonyl (C=S) groups is 1. The van der Waals surface area contributed by atoms with Gasteiger partial charge >= 0.3 is 5.97 Å². The van der Waals surface area contributed by atoms with E-state index in [1.165, 1.54) is 32.8 Å². The minimum Gasteiger partial charge on any atom is -0.469 e. The van der Waals surface area contributed by atoms with Crippen molar-refractivity contribution in [2.24, 2.45) is 0 Å². The van der Waals surface area contributed by atoms with E-state index in [-0.39, 0.29) is 5.97 Å². The van der Waals surface area contributed by atoms with Crippen LogP contribution in [0.15, 0.2) is 0 Å². The third-order valence-corrected chi connectivity index (χ3v) is 2.79. The van der Waals surface area contributed by atoms with Gasteiger partial charge in [-0.15, -0.1) is 0 Å². The van der Waals surface area contributed by atoms with E-state index in [0.29, 0.717) is 24.1 Å². The van der Waals surface area contributed by atoms with Crippen molar-refractivity contribution < 1.29 is 9.53 Å². The molecule has 0 atom stereocenters. The Labute approximate surface area is 95.8 Å². The van der Waals surface area contributed by atoms with E-state index in [4.69, 9.17) is 12.2 Å². The molecule has 1 rings (SSSR count). The second kappa shape index (κ2) is 6.61. The monoisotopic (exact) mass is 230 g/mol. The molecule has 0 aromatic rings. The van der Waals surface area contributed by atoms with Gasteiger partial charge in [0, 0.05) is 12.6 Å². The number of hydrogen-bond acceptors (Lipinski definition) is 3. The molecule has 0 radical (unpaired) electrons. The number of hydrogen-bond donors (Lipinski definition) is 2. The third-order valence-electron chi connectivity index (χ3n) is 2.53. The molecule has 0 bridgehead atoms. The van der Waals surface area contributed by atoms with Gasteiger partial charge in [0.2, 0.25) is 0 Å². The lowest BCUT2D eigenvalue weighted by Crippen LogP contribution is -2.41. The number of methoxy groups -OCH3 is 1. The van der Waals surface area contributed by atoms with Crippen LogP contribution in [0.25, 0.3) is 0 Å². The normalized spacial score (nSPS) is 16.1. The summed E-state index contributed by atoms with van der Waals surface area (Å²) >= 11 is 5.10. The quantitative estimate of drug-likeness (QED) is 0.556. The summed E-state index contributed by atoms with van der Waals surface area (Å²) in [5, 5.41) is 6.88. The molecule has 0 aliphatic heterocycles. The number of carbonyl (C=O) groups excluding carboxylic acids is 1. The lowest BCUT2D eigenvalue weighted by molar-refractivity contribution is -0.140. The molecule has 1 fully saturated rings. The van der Waals surface area contributed by atoms with Crippen molar-refractivity contribution in [2.45, 2.75) is 38.1 Å². The van der Waals surface area contributed by atoms with Gasteiger partial charge in [0.1, 0.15) is 0 Å². The summed E-state index contributed by atoms with van der Waals surface area (Å²) in [5.74, 6) is -0.217. The number of nitrogens with one attached hydrogen (secondary N) is 2. The van der Waals surface area contributed by atoms with Gasteiger partial charge in [-0.3, -0.25) is 4.79 Å². The van der Waals surface area contributed by atoms with Gasteiger partial charge in [-0.25, -0.2) is 0 Å². The van der Waals surface area contributed by atoms with Crippen LogP contribution in [0.5, 0.6) is 0 Å². The van der Waals surface area contributed by atoms with Gasteiger partial charge in [0.05, 0.1) is 13.5 Å². The summed E-state index contributed by atoms with van der Waals surface area (Å²) in [6.07, 6.45) is 5.30. The highest BCUT2D eigenvalue weighted by Crippen LogP contribution is 2.17. The summed E-state index contributed by atoms with van der Waals surface area (Å²) < 4.78 is 4.52. The number of carbonyl (C=O) groups is 1. The highest BCUT2D eigenvalue weighted by molar-refractivity contribution is 7.80. The van der Waals surface area contributed by atoms with Crippen molar-refractivity contribution in [3.63, 3.8) is 0 Å². The Bertz CT molecular complexity index is 227. The fourth-order valence-corrected chi connectivity index (χ4v) is 1.96.